The van der Waals surface area contributed by atoms with Crippen molar-refractivity contribution in [3.8, 4) is 0 Å². The average molecular weight is 288 g/mol. The van der Waals surface area contributed by atoms with E-state index in [-0.39, 0.29) is 0 Å². The molecule has 0 aliphatic heterocycles. The molecule has 0 fully saturated rings. The first kappa shape index (κ1) is 15.4. The molecular weight excluding hydrogens is 264 g/mol. The van der Waals surface area contributed by atoms with Gasteiger partial charge < -0.3 is 19.5 Å². The van der Waals surface area contributed by atoms with Crippen LogP contribution in [0.5, 0.6) is 0 Å². The number of methoxy groups -OCH3 is 1. The van der Waals surface area contributed by atoms with Crippen LogP contribution in [-0.4, -0.2) is 37.4 Å². The monoisotopic (exact) mass is 288 g/mol. The number of nitrogens with zero attached hydrogens (tertiary/aromatic N) is 3. The van der Waals surface area contributed by atoms with Crippen LogP contribution in [0.4, 0.5) is 17.3 Å². The molecule has 5 heteroatoms. The van der Waals surface area contributed by atoms with Crippen LogP contribution in [0.15, 0.2) is 30.6 Å². The zero-order chi connectivity index (χ0) is 15.2. The summed E-state index contributed by atoms with van der Waals surface area (Å²) in [6.07, 6.45) is 4.77. The van der Waals surface area contributed by atoms with Crippen molar-refractivity contribution in [2.45, 2.75) is 19.9 Å². The predicted octanol–water partition coefficient (Wildman–Crippen LogP) is 3.04. The minimum atomic E-state index is 0.757. The van der Waals surface area contributed by atoms with E-state index in [9.17, 15) is 0 Å². The van der Waals surface area contributed by atoms with Crippen LogP contribution in [-0.2, 0) is 11.3 Å². The van der Waals surface area contributed by atoms with Crippen LogP contribution in [0.1, 0.15) is 12.0 Å². The second-order valence-electron chi connectivity index (χ2n) is 5.31. The first-order valence-electron chi connectivity index (χ1n) is 7.17. The first-order valence-corrected chi connectivity index (χ1v) is 7.17. The summed E-state index contributed by atoms with van der Waals surface area (Å²) in [6.45, 7) is 3.76. The molecule has 0 saturated carbocycles. The van der Waals surface area contributed by atoms with E-state index in [0.29, 0.717) is 0 Å². The SMILES string of the molecule is COCCCn1ccnc1Nc1ccc(C)c(N(C)C)c1. The van der Waals surface area contributed by atoms with Crippen LogP contribution in [0, 0.1) is 6.92 Å². The zero-order valence-corrected chi connectivity index (χ0v) is 13.3. The highest BCUT2D eigenvalue weighted by atomic mass is 16.5. The minimum absolute atomic E-state index is 0.757. The molecule has 2 rings (SSSR count). The Balaban J connectivity index is 2.11. The van der Waals surface area contributed by atoms with Gasteiger partial charge in [0.15, 0.2) is 0 Å². The number of hydrogen-bond donors (Lipinski definition) is 1. The van der Waals surface area contributed by atoms with Gasteiger partial charge in [-0.15, -0.1) is 0 Å². The van der Waals surface area contributed by atoms with Gasteiger partial charge in [-0.2, -0.15) is 0 Å². The summed E-state index contributed by atoms with van der Waals surface area (Å²) in [5, 5.41) is 3.39. The lowest BCUT2D eigenvalue weighted by atomic mass is 10.1. The normalized spacial score (nSPS) is 10.7. The molecule has 0 unspecified atom stereocenters. The van der Waals surface area contributed by atoms with Gasteiger partial charge in [0.25, 0.3) is 0 Å². The fourth-order valence-corrected chi connectivity index (χ4v) is 2.29. The lowest BCUT2D eigenvalue weighted by Crippen LogP contribution is -2.11. The first-order chi connectivity index (χ1) is 10.1. The Bertz CT molecular complexity index is 577. The van der Waals surface area contributed by atoms with Gasteiger partial charge in [-0.3, -0.25) is 0 Å². The van der Waals surface area contributed by atoms with Crippen molar-refractivity contribution in [3.05, 3.63) is 36.2 Å². The number of aromatic nitrogens is 2. The van der Waals surface area contributed by atoms with Crippen molar-refractivity contribution in [1.82, 2.24) is 9.55 Å². The van der Waals surface area contributed by atoms with E-state index in [4.69, 9.17) is 4.74 Å². The molecule has 0 amide bonds. The van der Waals surface area contributed by atoms with Crippen molar-refractivity contribution >= 4 is 17.3 Å². The molecule has 2 aromatic rings. The Morgan fingerprint density at radius 1 is 1.33 bits per heavy atom. The molecule has 1 aromatic heterocycles. The molecule has 5 nitrogen and oxygen atoms in total. The molecule has 1 aromatic carbocycles. The Hall–Kier alpha value is -2.01. The summed E-state index contributed by atoms with van der Waals surface area (Å²) in [6, 6.07) is 6.34. The molecule has 0 aliphatic carbocycles. The van der Waals surface area contributed by atoms with Crippen LogP contribution in [0.3, 0.4) is 0 Å². The molecule has 0 spiro atoms. The summed E-state index contributed by atoms with van der Waals surface area (Å²) >= 11 is 0. The third kappa shape index (κ3) is 3.98. The maximum absolute atomic E-state index is 5.09. The van der Waals surface area contributed by atoms with Gasteiger partial charge in [-0.1, -0.05) is 6.07 Å². The van der Waals surface area contributed by atoms with Crippen molar-refractivity contribution in [3.63, 3.8) is 0 Å². The van der Waals surface area contributed by atoms with Gasteiger partial charge in [0.2, 0.25) is 5.95 Å². The second-order valence-corrected chi connectivity index (χ2v) is 5.31. The molecule has 114 valence electrons. The number of aryl methyl sites for hydroxylation is 2. The summed E-state index contributed by atoms with van der Waals surface area (Å²) in [5.74, 6) is 0.861. The number of ether oxygens (including phenoxy) is 1. The van der Waals surface area contributed by atoms with Crippen molar-refractivity contribution < 1.29 is 4.74 Å². The largest absolute Gasteiger partial charge is 0.385 e. The Morgan fingerprint density at radius 3 is 2.86 bits per heavy atom. The Kier molecular flexibility index (Phi) is 5.22. The highest BCUT2D eigenvalue weighted by Crippen LogP contribution is 2.24. The van der Waals surface area contributed by atoms with Gasteiger partial charge in [0.05, 0.1) is 0 Å². The summed E-state index contributed by atoms with van der Waals surface area (Å²) < 4.78 is 7.20. The quantitative estimate of drug-likeness (QED) is 0.795. The van der Waals surface area contributed by atoms with E-state index in [0.717, 1.165) is 31.2 Å². The Labute approximate surface area is 126 Å². The smallest absolute Gasteiger partial charge is 0.207 e. The third-order valence-electron chi connectivity index (χ3n) is 3.41. The molecule has 0 saturated heterocycles. The van der Waals surface area contributed by atoms with Gasteiger partial charge in [-0.05, 0) is 31.0 Å². The summed E-state index contributed by atoms with van der Waals surface area (Å²) in [5.41, 5.74) is 3.51. The van der Waals surface area contributed by atoms with Gasteiger partial charge >= 0.3 is 0 Å². The van der Waals surface area contributed by atoms with Crippen molar-refractivity contribution in [2.24, 2.45) is 0 Å². The fourth-order valence-electron chi connectivity index (χ4n) is 2.29. The standard InChI is InChI=1S/C16H24N4O/c1-13-6-7-14(12-15(13)19(2)3)18-16-17-8-10-20(16)9-5-11-21-4/h6-8,10,12H,5,9,11H2,1-4H3,(H,17,18). The van der Waals surface area contributed by atoms with Crippen LogP contribution >= 0.6 is 0 Å². The minimum Gasteiger partial charge on any atom is -0.385 e. The van der Waals surface area contributed by atoms with Gasteiger partial charge in [0, 0.05) is 58.1 Å². The molecule has 21 heavy (non-hydrogen) atoms. The molecular formula is C16H24N4O. The number of nitrogens with one attached hydrogen (secondary N) is 1. The van der Waals surface area contributed by atoms with Crippen LogP contribution in [0.2, 0.25) is 0 Å². The number of hydrogen-bond acceptors (Lipinski definition) is 4. The lowest BCUT2D eigenvalue weighted by Gasteiger charge is -2.17. The van der Waals surface area contributed by atoms with E-state index in [1.54, 1.807) is 7.11 Å². The van der Waals surface area contributed by atoms with Gasteiger partial charge in [-0.25, -0.2) is 4.98 Å². The number of anilines is 3. The predicted molar refractivity (Wildman–Crippen MR) is 87.5 cm³/mol. The summed E-state index contributed by atoms with van der Waals surface area (Å²) in [7, 11) is 5.83. The highest BCUT2D eigenvalue weighted by Gasteiger charge is 2.06. The Morgan fingerprint density at radius 2 is 2.14 bits per heavy atom. The second kappa shape index (κ2) is 7.13. The van der Waals surface area contributed by atoms with Crippen molar-refractivity contribution in [1.29, 1.82) is 0 Å². The van der Waals surface area contributed by atoms with E-state index in [1.165, 1.54) is 11.3 Å². The zero-order valence-electron chi connectivity index (χ0n) is 13.3. The van der Waals surface area contributed by atoms with Crippen molar-refractivity contribution in [2.75, 3.05) is 38.0 Å². The molecule has 0 bridgehead atoms. The number of rotatable bonds is 7. The number of benzene rings is 1. The molecule has 0 aliphatic rings. The topological polar surface area (TPSA) is 42.3 Å². The van der Waals surface area contributed by atoms with E-state index in [1.807, 2.05) is 12.4 Å². The fraction of sp³-hybridized carbons (Fsp3) is 0.438. The van der Waals surface area contributed by atoms with E-state index >= 15 is 0 Å². The van der Waals surface area contributed by atoms with E-state index < -0.39 is 0 Å². The maximum atomic E-state index is 5.09. The van der Waals surface area contributed by atoms with Crippen LogP contribution < -0.4 is 10.2 Å². The molecule has 0 atom stereocenters. The highest BCUT2D eigenvalue weighted by molar-refractivity contribution is 5.65. The molecule has 1 N–H and O–H groups in total. The van der Waals surface area contributed by atoms with E-state index in [2.05, 4.69) is 59.0 Å². The molecule has 0 radical (unpaired) electrons. The maximum Gasteiger partial charge on any atom is 0.207 e. The average Bonchev–Trinajstić information content (AvgIpc) is 2.88. The lowest BCUT2D eigenvalue weighted by molar-refractivity contribution is 0.190. The van der Waals surface area contributed by atoms with Crippen LogP contribution in [0.25, 0.3) is 0 Å². The third-order valence-corrected chi connectivity index (χ3v) is 3.41. The molecule has 1 heterocycles. The number of imidazole rings is 1. The summed E-state index contributed by atoms with van der Waals surface area (Å²) in [4.78, 5) is 6.50. The van der Waals surface area contributed by atoms with Gasteiger partial charge in [0.1, 0.15) is 0 Å².